The summed E-state index contributed by atoms with van der Waals surface area (Å²) >= 11 is 1.41. The Bertz CT molecular complexity index is 882. The van der Waals surface area contributed by atoms with Gasteiger partial charge in [0.1, 0.15) is 6.61 Å². The van der Waals surface area contributed by atoms with Crippen LogP contribution < -0.4 is 0 Å². The van der Waals surface area contributed by atoms with Crippen molar-refractivity contribution in [3.05, 3.63) is 51.2 Å². The molecule has 1 saturated heterocycles. The molecule has 10 heteroatoms. The van der Waals surface area contributed by atoms with E-state index < -0.39 is 16.9 Å². The number of hydrogen-bond acceptors (Lipinski definition) is 8. The third-order valence-corrected chi connectivity index (χ3v) is 5.30. The second-order valence-electron chi connectivity index (χ2n) is 6.14. The number of fused-ring (bicyclic) bond motifs is 1. The van der Waals surface area contributed by atoms with Crippen LogP contribution in [-0.4, -0.2) is 52.9 Å². The fraction of sp³-hybridized carbons (Fsp3) is 0.389. The van der Waals surface area contributed by atoms with Crippen molar-refractivity contribution in [1.29, 1.82) is 0 Å². The summed E-state index contributed by atoms with van der Waals surface area (Å²) in [7, 11) is 1.49. The Hall–Kier alpha value is -2.72. The number of methoxy groups -OCH3 is 1. The lowest BCUT2D eigenvalue weighted by molar-refractivity contribution is -0.384. The van der Waals surface area contributed by atoms with Gasteiger partial charge in [-0.05, 0) is 12.5 Å². The van der Waals surface area contributed by atoms with Crippen LogP contribution in [-0.2, 0) is 19.1 Å². The molecule has 9 nitrogen and oxygen atoms in total. The Kier molecular flexibility index (Phi) is 6.10. The van der Waals surface area contributed by atoms with Crippen LogP contribution in [0.2, 0.25) is 0 Å². The van der Waals surface area contributed by atoms with Crippen LogP contribution in [0.5, 0.6) is 0 Å². The van der Waals surface area contributed by atoms with E-state index in [9.17, 15) is 19.7 Å². The van der Waals surface area contributed by atoms with Crippen LogP contribution in [0.4, 0.5) is 5.69 Å². The standard InChI is InChI=1S/C18H19N3O6S/c1-11-15(17(23)27-8-7-26-2)16(12-4-3-5-13(10-12)21(24)25)20-14(22)6-9-28-18(20)19-11/h3-5,10,16H,6-9H2,1-2H3/t16-/m0/s1. The topological polar surface area (TPSA) is 111 Å². The van der Waals surface area contributed by atoms with Crippen LogP contribution in [0.1, 0.15) is 24.9 Å². The van der Waals surface area contributed by atoms with Gasteiger partial charge in [-0.1, -0.05) is 23.9 Å². The molecule has 0 aliphatic carbocycles. The van der Waals surface area contributed by atoms with Crippen LogP contribution in [0.3, 0.4) is 0 Å². The number of nitro benzene ring substituents is 1. The molecule has 0 N–H and O–H groups in total. The summed E-state index contributed by atoms with van der Waals surface area (Å²) in [6.45, 7) is 1.95. The summed E-state index contributed by atoms with van der Waals surface area (Å²) in [6, 6.07) is 5.09. The van der Waals surface area contributed by atoms with Gasteiger partial charge in [0.05, 0.1) is 28.8 Å². The number of allylic oxidation sites excluding steroid dienone is 1. The predicted molar refractivity (Wildman–Crippen MR) is 103 cm³/mol. The lowest BCUT2D eigenvalue weighted by Crippen LogP contribution is -2.45. The number of esters is 1. The summed E-state index contributed by atoms with van der Waals surface area (Å²) in [6.07, 6.45) is 0.292. The van der Waals surface area contributed by atoms with E-state index in [1.165, 1.54) is 42.0 Å². The molecule has 0 aromatic heterocycles. The maximum Gasteiger partial charge on any atom is 0.338 e. The first kappa shape index (κ1) is 20.0. The number of non-ortho nitro benzene ring substituents is 1. The molecule has 1 amide bonds. The van der Waals surface area contributed by atoms with E-state index in [4.69, 9.17) is 9.47 Å². The zero-order valence-electron chi connectivity index (χ0n) is 15.4. The van der Waals surface area contributed by atoms with E-state index in [1.54, 1.807) is 13.0 Å². The molecule has 1 atom stereocenters. The number of carbonyl (C=O) groups is 2. The van der Waals surface area contributed by atoms with E-state index in [0.29, 0.717) is 28.6 Å². The fourth-order valence-electron chi connectivity index (χ4n) is 3.08. The number of carbonyl (C=O) groups excluding carboxylic acids is 2. The highest BCUT2D eigenvalue weighted by molar-refractivity contribution is 8.14. The van der Waals surface area contributed by atoms with Gasteiger partial charge in [-0.2, -0.15) is 0 Å². The molecule has 3 rings (SSSR count). The average molecular weight is 405 g/mol. The number of aliphatic imine (C=N–C) groups is 1. The molecule has 2 aliphatic heterocycles. The molecular formula is C18H19N3O6S. The molecule has 0 bridgehead atoms. The summed E-state index contributed by atoms with van der Waals surface area (Å²) in [5.41, 5.74) is 0.947. The highest BCUT2D eigenvalue weighted by Crippen LogP contribution is 2.41. The minimum Gasteiger partial charge on any atom is -0.460 e. The maximum absolute atomic E-state index is 12.8. The number of hydrogen-bond donors (Lipinski definition) is 0. The number of amidine groups is 1. The van der Waals surface area contributed by atoms with E-state index in [1.807, 2.05) is 0 Å². The van der Waals surface area contributed by atoms with Crippen molar-refractivity contribution in [2.75, 3.05) is 26.1 Å². The summed E-state index contributed by atoms with van der Waals surface area (Å²) in [4.78, 5) is 42.0. The second-order valence-corrected chi connectivity index (χ2v) is 7.20. The molecule has 148 valence electrons. The normalized spacial score (nSPS) is 19.2. The van der Waals surface area contributed by atoms with E-state index >= 15 is 0 Å². The molecule has 2 heterocycles. The van der Waals surface area contributed by atoms with Gasteiger partial charge in [0.15, 0.2) is 5.17 Å². The van der Waals surface area contributed by atoms with E-state index in [-0.39, 0.29) is 30.4 Å². The van der Waals surface area contributed by atoms with Gasteiger partial charge in [-0.15, -0.1) is 0 Å². The summed E-state index contributed by atoms with van der Waals surface area (Å²) in [5.74, 6) is -0.225. The van der Waals surface area contributed by atoms with Crippen molar-refractivity contribution in [3.8, 4) is 0 Å². The number of nitrogens with zero attached hydrogens (tertiary/aromatic N) is 3. The third kappa shape index (κ3) is 3.92. The highest BCUT2D eigenvalue weighted by Gasteiger charge is 2.42. The molecular weight excluding hydrogens is 386 g/mol. The average Bonchev–Trinajstić information content (AvgIpc) is 2.67. The molecule has 1 aromatic rings. The van der Waals surface area contributed by atoms with Crippen molar-refractivity contribution >= 4 is 34.5 Å². The Labute approximate surface area is 165 Å². The number of nitro groups is 1. The minimum absolute atomic E-state index is 0.0486. The molecule has 0 spiro atoms. The van der Waals surface area contributed by atoms with Gasteiger partial charge in [0.25, 0.3) is 5.69 Å². The Morgan fingerprint density at radius 1 is 1.43 bits per heavy atom. The number of amides is 1. The van der Waals surface area contributed by atoms with Crippen molar-refractivity contribution in [3.63, 3.8) is 0 Å². The molecule has 0 unspecified atom stereocenters. The predicted octanol–water partition coefficient (Wildman–Crippen LogP) is 2.43. The molecule has 2 aliphatic rings. The number of ether oxygens (including phenoxy) is 2. The number of benzene rings is 1. The Morgan fingerprint density at radius 3 is 2.93 bits per heavy atom. The lowest BCUT2D eigenvalue weighted by Gasteiger charge is -2.38. The quantitative estimate of drug-likeness (QED) is 0.309. The van der Waals surface area contributed by atoms with Crippen LogP contribution in [0.25, 0.3) is 0 Å². The number of thioether (sulfide) groups is 1. The molecule has 1 aromatic carbocycles. The lowest BCUT2D eigenvalue weighted by atomic mass is 9.94. The molecule has 0 saturated carbocycles. The number of rotatable bonds is 6. The summed E-state index contributed by atoms with van der Waals surface area (Å²) in [5, 5.41) is 11.7. The Morgan fingerprint density at radius 2 is 2.21 bits per heavy atom. The molecule has 1 fully saturated rings. The van der Waals surface area contributed by atoms with E-state index in [0.717, 1.165) is 0 Å². The van der Waals surface area contributed by atoms with Crippen molar-refractivity contribution in [2.45, 2.75) is 19.4 Å². The molecule has 0 radical (unpaired) electrons. The first-order chi connectivity index (χ1) is 13.4. The maximum atomic E-state index is 12.8. The van der Waals surface area contributed by atoms with Crippen LogP contribution in [0, 0.1) is 10.1 Å². The first-order valence-corrected chi connectivity index (χ1v) is 9.57. The van der Waals surface area contributed by atoms with E-state index in [2.05, 4.69) is 4.99 Å². The van der Waals surface area contributed by atoms with Gasteiger partial charge in [0, 0.05) is 31.4 Å². The SMILES string of the molecule is COCCOC(=O)C1=C(C)N=C2SCCC(=O)N2[C@H]1c1cccc([N+](=O)[O-])c1. The largest absolute Gasteiger partial charge is 0.460 e. The zero-order valence-corrected chi connectivity index (χ0v) is 16.2. The minimum atomic E-state index is -0.831. The smallest absolute Gasteiger partial charge is 0.338 e. The highest BCUT2D eigenvalue weighted by atomic mass is 32.2. The first-order valence-electron chi connectivity index (χ1n) is 8.58. The zero-order chi connectivity index (χ0) is 20.3. The second kappa shape index (κ2) is 8.53. The van der Waals surface area contributed by atoms with Gasteiger partial charge in [0.2, 0.25) is 5.91 Å². The van der Waals surface area contributed by atoms with Crippen LogP contribution in [0.15, 0.2) is 40.5 Å². The Balaban J connectivity index is 2.08. The monoisotopic (exact) mass is 405 g/mol. The molecule has 28 heavy (non-hydrogen) atoms. The van der Waals surface area contributed by atoms with Gasteiger partial charge >= 0.3 is 5.97 Å². The van der Waals surface area contributed by atoms with Crippen LogP contribution >= 0.6 is 11.8 Å². The van der Waals surface area contributed by atoms with Gasteiger partial charge < -0.3 is 9.47 Å². The van der Waals surface area contributed by atoms with Gasteiger partial charge in [-0.25, -0.2) is 9.79 Å². The van der Waals surface area contributed by atoms with Crippen molar-refractivity contribution < 1.29 is 24.0 Å². The fourth-order valence-corrected chi connectivity index (χ4v) is 4.08. The third-order valence-electron chi connectivity index (χ3n) is 4.34. The van der Waals surface area contributed by atoms with Gasteiger partial charge in [-0.3, -0.25) is 19.8 Å². The van der Waals surface area contributed by atoms with Crippen molar-refractivity contribution in [1.82, 2.24) is 4.90 Å². The van der Waals surface area contributed by atoms with Crippen molar-refractivity contribution in [2.24, 2.45) is 4.99 Å². The summed E-state index contributed by atoms with van der Waals surface area (Å²) < 4.78 is 10.2.